The smallest absolute Gasteiger partial charge is 0.269 e. The van der Waals surface area contributed by atoms with Gasteiger partial charge in [0.25, 0.3) is 5.69 Å². The Morgan fingerprint density at radius 3 is 2.47 bits per heavy atom. The van der Waals surface area contributed by atoms with Gasteiger partial charge < -0.3 is 5.32 Å². The van der Waals surface area contributed by atoms with Gasteiger partial charge in [0.1, 0.15) is 0 Å². The molecule has 0 fully saturated rings. The highest BCUT2D eigenvalue weighted by molar-refractivity contribution is 7.11. The summed E-state index contributed by atoms with van der Waals surface area (Å²) in [7, 11) is 0. The first-order valence-electron chi connectivity index (χ1n) is 5.93. The van der Waals surface area contributed by atoms with Crippen LogP contribution in [-0.4, -0.2) is 9.91 Å². The Hall–Kier alpha value is -1.79. The molecule has 1 heterocycles. The lowest BCUT2D eigenvalue weighted by atomic mass is 10.2. The molecule has 0 unspecified atom stereocenters. The molecular weight excluding hydrogens is 262 g/mol. The highest BCUT2D eigenvalue weighted by atomic mass is 32.1. The van der Waals surface area contributed by atoms with Gasteiger partial charge >= 0.3 is 0 Å². The molecule has 0 atom stereocenters. The average Bonchev–Trinajstić information content (AvgIpc) is 2.68. The van der Waals surface area contributed by atoms with Crippen molar-refractivity contribution in [1.29, 1.82) is 0 Å². The van der Waals surface area contributed by atoms with Crippen LogP contribution in [0, 0.1) is 24.0 Å². The number of hydrogen-bond donors (Lipinski definition) is 1. The minimum absolute atomic E-state index is 0.123. The third-order valence-corrected chi connectivity index (χ3v) is 3.83. The van der Waals surface area contributed by atoms with Crippen LogP contribution in [0.4, 0.5) is 5.69 Å². The largest absolute Gasteiger partial charge is 0.308 e. The Morgan fingerprint density at radius 1 is 1.26 bits per heavy atom. The lowest BCUT2D eigenvalue weighted by Crippen LogP contribution is -2.12. The third-order valence-electron chi connectivity index (χ3n) is 2.76. The highest BCUT2D eigenvalue weighted by Crippen LogP contribution is 2.17. The molecule has 100 valence electrons. The van der Waals surface area contributed by atoms with E-state index in [4.69, 9.17) is 0 Å². The Morgan fingerprint density at radius 2 is 1.95 bits per heavy atom. The number of aromatic nitrogens is 1. The van der Waals surface area contributed by atoms with Gasteiger partial charge in [-0.2, -0.15) is 0 Å². The van der Waals surface area contributed by atoms with Crippen LogP contribution >= 0.6 is 11.3 Å². The van der Waals surface area contributed by atoms with Crippen molar-refractivity contribution in [2.45, 2.75) is 26.9 Å². The van der Waals surface area contributed by atoms with Gasteiger partial charge in [0.05, 0.1) is 15.6 Å². The lowest BCUT2D eigenvalue weighted by Gasteiger charge is -2.03. The monoisotopic (exact) mass is 277 g/mol. The Labute approximate surface area is 115 Å². The van der Waals surface area contributed by atoms with Crippen LogP contribution in [0.15, 0.2) is 24.3 Å². The van der Waals surface area contributed by atoms with Crippen molar-refractivity contribution in [1.82, 2.24) is 10.3 Å². The molecule has 0 bridgehead atoms. The lowest BCUT2D eigenvalue weighted by molar-refractivity contribution is -0.384. The summed E-state index contributed by atoms with van der Waals surface area (Å²) in [5, 5.41) is 14.9. The molecule has 1 aromatic carbocycles. The molecule has 19 heavy (non-hydrogen) atoms. The van der Waals surface area contributed by atoms with Gasteiger partial charge in [-0.15, -0.1) is 11.3 Å². The van der Waals surface area contributed by atoms with E-state index in [-0.39, 0.29) is 10.6 Å². The normalized spacial score (nSPS) is 10.6. The summed E-state index contributed by atoms with van der Waals surface area (Å²) in [5.74, 6) is 0. The first kappa shape index (κ1) is 13.6. The van der Waals surface area contributed by atoms with Gasteiger partial charge in [0.2, 0.25) is 0 Å². The summed E-state index contributed by atoms with van der Waals surface area (Å²) in [4.78, 5) is 15.8. The molecule has 6 heteroatoms. The molecule has 5 nitrogen and oxygen atoms in total. The molecule has 0 aliphatic rings. The Bertz CT molecular complexity index is 578. The molecule has 0 saturated heterocycles. The molecule has 1 N–H and O–H groups in total. The maximum absolute atomic E-state index is 10.5. The number of nitrogens with one attached hydrogen (secondary N) is 1. The fourth-order valence-electron chi connectivity index (χ4n) is 1.79. The summed E-state index contributed by atoms with van der Waals surface area (Å²) < 4.78 is 0. The van der Waals surface area contributed by atoms with Crippen LogP contribution in [0.5, 0.6) is 0 Å². The molecule has 1 aromatic heterocycles. The first-order chi connectivity index (χ1) is 9.06. The van der Waals surface area contributed by atoms with Crippen molar-refractivity contribution >= 4 is 17.0 Å². The number of benzene rings is 1. The van der Waals surface area contributed by atoms with Crippen molar-refractivity contribution in [2.75, 3.05) is 0 Å². The number of hydrogen-bond acceptors (Lipinski definition) is 5. The van der Waals surface area contributed by atoms with E-state index < -0.39 is 0 Å². The van der Waals surface area contributed by atoms with Crippen LogP contribution in [0.2, 0.25) is 0 Å². The molecule has 0 saturated carbocycles. The van der Waals surface area contributed by atoms with E-state index in [1.807, 2.05) is 13.8 Å². The second-order valence-electron chi connectivity index (χ2n) is 4.27. The van der Waals surface area contributed by atoms with Crippen LogP contribution in [0.3, 0.4) is 0 Å². The summed E-state index contributed by atoms with van der Waals surface area (Å²) in [6.45, 7) is 5.46. The Kier molecular flexibility index (Phi) is 4.24. The van der Waals surface area contributed by atoms with Crippen LogP contribution in [0.25, 0.3) is 0 Å². The van der Waals surface area contributed by atoms with Crippen LogP contribution in [-0.2, 0) is 13.1 Å². The molecule has 0 radical (unpaired) electrons. The quantitative estimate of drug-likeness (QED) is 0.674. The summed E-state index contributed by atoms with van der Waals surface area (Å²) in [6.07, 6.45) is 0. The maximum atomic E-state index is 10.5. The topological polar surface area (TPSA) is 68.1 Å². The minimum atomic E-state index is -0.388. The molecule has 0 aliphatic heterocycles. The van der Waals surface area contributed by atoms with Gasteiger partial charge in [-0.05, 0) is 19.4 Å². The van der Waals surface area contributed by atoms with E-state index in [1.54, 1.807) is 23.5 Å². The fourth-order valence-corrected chi connectivity index (χ4v) is 2.70. The molecule has 0 spiro atoms. The van der Waals surface area contributed by atoms with E-state index in [0.717, 1.165) is 22.8 Å². The zero-order valence-corrected chi connectivity index (χ0v) is 11.7. The standard InChI is InChI=1S/C13H15N3O2S/c1-9-13(19-10(2)15-9)8-14-7-11-3-5-12(6-4-11)16(17)18/h3-6,14H,7-8H2,1-2H3. The predicted molar refractivity (Wildman–Crippen MR) is 75.2 cm³/mol. The second kappa shape index (κ2) is 5.90. The maximum Gasteiger partial charge on any atom is 0.269 e. The molecule has 2 aromatic rings. The van der Waals surface area contributed by atoms with Crippen LogP contribution < -0.4 is 5.32 Å². The van der Waals surface area contributed by atoms with E-state index >= 15 is 0 Å². The van der Waals surface area contributed by atoms with Gasteiger partial charge in [0.15, 0.2) is 0 Å². The number of thiazole rings is 1. The molecular formula is C13H15N3O2S. The number of nitrogens with zero attached hydrogens (tertiary/aromatic N) is 2. The third kappa shape index (κ3) is 3.59. The van der Waals surface area contributed by atoms with E-state index in [1.165, 1.54) is 17.0 Å². The van der Waals surface area contributed by atoms with Crippen LogP contribution in [0.1, 0.15) is 21.1 Å². The first-order valence-corrected chi connectivity index (χ1v) is 6.75. The van der Waals surface area contributed by atoms with E-state index in [0.29, 0.717) is 6.54 Å². The fraction of sp³-hybridized carbons (Fsp3) is 0.308. The second-order valence-corrected chi connectivity index (χ2v) is 5.56. The highest BCUT2D eigenvalue weighted by Gasteiger charge is 2.05. The van der Waals surface area contributed by atoms with E-state index in [9.17, 15) is 10.1 Å². The molecule has 0 aliphatic carbocycles. The van der Waals surface area contributed by atoms with Gasteiger partial charge in [0, 0.05) is 30.1 Å². The average molecular weight is 277 g/mol. The molecule has 2 rings (SSSR count). The van der Waals surface area contributed by atoms with Crippen molar-refractivity contribution in [2.24, 2.45) is 0 Å². The Balaban J connectivity index is 1.89. The molecule has 0 amide bonds. The van der Waals surface area contributed by atoms with Gasteiger partial charge in [-0.3, -0.25) is 10.1 Å². The number of nitro benzene ring substituents is 1. The van der Waals surface area contributed by atoms with Crippen molar-refractivity contribution in [3.05, 3.63) is 55.5 Å². The zero-order chi connectivity index (χ0) is 13.8. The van der Waals surface area contributed by atoms with Gasteiger partial charge in [-0.1, -0.05) is 12.1 Å². The van der Waals surface area contributed by atoms with Crippen molar-refractivity contribution in [3.8, 4) is 0 Å². The summed E-state index contributed by atoms with van der Waals surface area (Å²) >= 11 is 1.69. The number of rotatable bonds is 5. The van der Waals surface area contributed by atoms with E-state index in [2.05, 4.69) is 10.3 Å². The minimum Gasteiger partial charge on any atom is -0.308 e. The summed E-state index contributed by atoms with van der Waals surface area (Å²) in [5.41, 5.74) is 2.22. The zero-order valence-electron chi connectivity index (χ0n) is 10.8. The number of nitro groups is 1. The summed E-state index contributed by atoms with van der Waals surface area (Å²) in [6, 6.07) is 6.60. The SMILES string of the molecule is Cc1nc(C)c(CNCc2ccc([N+](=O)[O-])cc2)s1. The van der Waals surface area contributed by atoms with Crippen molar-refractivity contribution < 1.29 is 4.92 Å². The predicted octanol–water partition coefficient (Wildman–Crippen LogP) is 2.96. The number of aryl methyl sites for hydroxylation is 2. The number of non-ortho nitro benzene ring substituents is 1. The van der Waals surface area contributed by atoms with Crippen molar-refractivity contribution in [3.63, 3.8) is 0 Å². The van der Waals surface area contributed by atoms with Gasteiger partial charge in [-0.25, -0.2) is 4.98 Å².